The summed E-state index contributed by atoms with van der Waals surface area (Å²) >= 11 is 0. The Bertz CT molecular complexity index is 990. The average molecular weight is 437 g/mol. The van der Waals surface area contributed by atoms with E-state index in [9.17, 15) is 19.2 Å². The summed E-state index contributed by atoms with van der Waals surface area (Å²) in [4.78, 5) is 51.0. The fourth-order valence-electron chi connectivity index (χ4n) is 3.56. The van der Waals surface area contributed by atoms with Gasteiger partial charge in [-0.25, -0.2) is 9.59 Å². The van der Waals surface area contributed by atoms with E-state index in [1.807, 2.05) is 19.9 Å². The van der Waals surface area contributed by atoms with Crippen LogP contribution in [0.1, 0.15) is 49.0 Å². The summed E-state index contributed by atoms with van der Waals surface area (Å²) in [5.74, 6) is -1.41. The van der Waals surface area contributed by atoms with Crippen molar-refractivity contribution in [1.82, 2.24) is 10.2 Å². The van der Waals surface area contributed by atoms with Gasteiger partial charge < -0.3 is 15.4 Å². The lowest BCUT2D eigenvalue weighted by atomic mass is 9.87. The maximum absolute atomic E-state index is 13.1. The van der Waals surface area contributed by atoms with Crippen molar-refractivity contribution >= 4 is 29.5 Å². The van der Waals surface area contributed by atoms with Gasteiger partial charge in [0.05, 0.1) is 12.2 Å². The van der Waals surface area contributed by atoms with Crippen LogP contribution in [0.15, 0.2) is 54.6 Å². The summed E-state index contributed by atoms with van der Waals surface area (Å²) in [5, 5.41) is 5.40. The van der Waals surface area contributed by atoms with Gasteiger partial charge in [0.1, 0.15) is 12.1 Å². The Labute approximate surface area is 186 Å². The number of ether oxygens (including phenoxy) is 1. The smallest absolute Gasteiger partial charge is 0.338 e. The van der Waals surface area contributed by atoms with Crippen molar-refractivity contribution in [2.75, 3.05) is 18.5 Å². The van der Waals surface area contributed by atoms with Gasteiger partial charge in [0.25, 0.3) is 5.91 Å². The third-order valence-corrected chi connectivity index (χ3v) is 5.41. The number of nitrogens with zero attached hydrogens (tertiary/aromatic N) is 1. The molecule has 1 atom stereocenters. The van der Waals surface area contributed by atoms with E-state index in [2.05, 4.69) is 10.6 Å². The van der Waals surface area contributed by atoms with Crippen molar-refractivity contribution in [1.29, 1.82) is 0 Å². The first-order chi connectivity index (χ1) is 15.4. The standard InChI is InChI=1S/C24H27N3O5/c1-3-5-15-32-21(29)17-11-13-19(14-12-17)25-20(28)16-27-22(30)24(4-2,26-23(27)31)18-9-7-6-8-10-18/h6-14H,3-5,15-16H2,1-2H3,(H,25,28)(H,26,31)/t24-/m1/s1. The predicted molar refractivity (Wildman–Crippen MR) is 119 cm³/mol. The molecule has 2 N–H and O–H groups in total. The number of amides is 4. The minimum Gasteiger partial charge on any atom is -0.462 e. The van der Waals surface area contributed by atoms with Crippen LogP contribution in [0.25, 0.3) is 0 Å². The summed E-state index contributed by atoms with van der Waals surface area (Å²) in [6, 6.07) is 14.6. The van der Waals surface area contributed by atoms with Crippen molar-refractivity contribution in [3.63, 3.8) is 0 Å². The SMILES string of the molecule is CCCCOC(=O)c1ccc(NC(=O)CN2C(=O)N[C@](CC)(c3ccccc3)C2=O)cc1. The number of anilines is 1. The van der Waals surface area contributed by atoms with E-state index in [0.29, 0.717) is 29.8 Å². The molecule has 8 nitrogen and oxygen atoms in total. The van der Waals surface area contributed by atoms with Crippen LogP contribution in [-0.4, -0.2) is 41.9 Å². The lowest BCUT2D eigenvalue weighted by Gasteiger charge is -2.25. The molecule has 0 unspecified atom stereocenters. The summed E-state index contributed by atoms with van der Waals surface area (Å²) in [5.41, 5.74) is 0.309. The molecule has 0 aromatic heterocycles. The van der Waals surface area contributed by atoms with E-state index in [1.165, 1.54) is 0 Å². The number of carbonyl (C=O) groups is 4. The maximum atomic E-state index is 13.1. The largest absolute Gasteiger partial charge is 0.462 e. The van der Waals surface area contributed by atoms with E-state index in [1.54, 1.807) is 48.5 Å². The van der Waals surface area contributed by atoms with Crippen LogP contribution in [0.3, 0.4) is 0 Å². The van der Waals surface area contributed by atoms with Crippen LogP contribution in [0.4, 0.5) is 10.5 Å². The van der Waals surface area contributed by atoms with Crippen molar-refractivity contribution in [2.24, 2.45) is 0 Å². The fourth-order valence-corrected chi connectivity index (χ4v) is 3.56. The molecular weight excluding hydrogens is 410 g/mol. The van der Waals surface area contributed by atoms with E-state index < -0.39 is 35.9 Å². The second-order valence-electron chi connectivity index (χ2n) is 7.56. The zero-order valence-electron chi connectivity index (χ0n) is 18.2. The van der Waals surface area contributed by atoms with Crippen molar-refractivity contribution < 1.29 is 23.9 Å². The van der Waals surface area contributed by atoms with Gasteiger partial charge in [-0.1, -0.05) is 50.6 Å². The Hall–Kier alpha value is -3.68. The molecule has 0 bridgehead atoms. The van der Waals surface area contributed by atoms with Crippen molar-refractivity contribution in [2.45, 2.75) is 38.6 Å². The number of benzene rings is 2. The minimum atomic E-state index is -1.18. The highest BCUT2D eigenvalue weighted by Gasteiger charge is 2.51. The van der Waals surface area contributed by atoms with Gasteiger partial charge in [-0.2, -0.15) is 0 Å². The van der Waals surface area contributed by atoms with Gasteiger partial charge in [0.15, 0.2) is 0 Å². The lowest BCUT2D eigenvalue weighted by Crippen LogP contribution is -2.44. The Morgan fingerprint density at radius 1 is 1.03 bits per heavy atom. The topological polar surface area (TPSA) is 105 Å². The number of urea groups is 1. The highest BCUT2D eigenvalue weighted by molar-refractivity contribution is 6.10. The summed E-state index contributed by atoms with van der Waals surface area (Å²) in [6.07, 6.45) is 2.09. The van der Waals surface area contributed by atoms with Gasteiger partial charge in [0, 0.05) is 5.69 Å². The zero-order chi connectivity index (χ0) is 23.1. The van der Waals surface area contributed by atoms with Crippen molar-refractivity contribution in [3.8, 4) is 0 Å². The molecule has 0 saturated carbocycles. The first kappa shape index (κ1) is 23.0. The number of hydrogen-bond acceptors (Lipinski definition) is 5. The normalized spacial score (nSPS) is 17.8. The van der Waals surface area contributed by atoms with Gasteiger partial charge >= 0.3 is 12.0 Å². The third kappa shape index (κ3) is 4.80. The Balaban J connectivity index is 1.63. The molecule has 1 fully saturated rings. The number of esters is 1. The monoisotopic (exact) mass is 437 g/mol. The molecule has 0 aliphatic carbocycles. The van der Waals surface area contributed by atoms with Crippen LogP contribution in [-0.2, 0) is 19.9 Å². The molecule has 2 aromatic carbocycles. The molecule has 32 heavy (non-hydrogen) atoms. The molecule has 3 rings (SSSR count). The predicted octanol–water partition coefficient (Wildman–Crippen LogP) is 3.44. The van der Waals surface area contributed by atoms with E-state index >= 15 is 0 Å². The minimum absolute atomic E-state index is 0.357. The van der Waals surface area contributed by atoms with Crippen LogP contribution in [0, 0.1) is 0 Å². The summed E-state index contributed by atoms with van der Waals surface area (Å²) < 4.78 is 5.15. The number of rotatable bonds is 9. The van der Waals surface area contributed by atoms with Crippen LogP contribution in [0.5, 0.6) is 0 Å². The van der Waals surface area contributed by atoms with Gasteiger partial charge in [-0.05, 0) is 42.7 Å². The molecule has 8 heteroatoms. The molecule has 168 valence electrons. The van der Waals surface area contributed by atoms with Crippen molar-refractivity contribution in [3.05, 3.63) is 65.7 Å². The van der Waals surface area contributed by atoms with E-state index in [0.717, 1.165) is 17.7 Å². The van der Waals surface area contributed by atoms with Gasteiger partial charge in [-0.15, -0.1) is 0 Å². The van der Waals surface area contributed by atoms with Crippen LogP contribution in [0.2, 0.25) is 0 Å². The molecular formula is C24H27N3O5. The highest BCUT2D eigenvalue weighted by Crippen LogP contribution is 2.32. The highest BCUT2D eigenvalue weighted by atomic mass is 16.5. The molecule has 0 spiro atoms. The summed E-state index contributed by atoms with van der Waals surface area (Å²) in [6.45, 7) is 3.76. The number of hydrogen-bond donors (Lipinski definition) is 2. The molecule has 1 aliphatic rings. The zero-order valence-corrected chi connectivity index (χ0v) is 18.2. The molecule has 1 heterocycles. The Kier molecular flexibility index (Phi) is 7.25. The number of nitrogens with one attached hydrogen (secondary N) is 2. The average Bonchev–Trinajstić information content (AvgIpc) is 3.05. The molecule has 1 saturated heterocycles. The van der Waals surface area contributed by atoms with E-state index in [4.69, 9.17) is 4.74 Å². The second kappa shape index (κ2) is 10.1. The fraction of sp³-hybridized carbons (Fsp3) is 0.333. The van der Waals surface area contributed by atoms with E-state index in [-0.39, 0.29) is 0 Å². The number of carbonyl (C=O) groups excluding carboxylic acids is 4. The Morgan fingerprint density at radius 2 is 1.72 bits per heavy atom. The third-order valence-electron chi connectivity index (χ3n) is 5.41. The van der Waals surface area contributed by atoms with Gasteiger partial charge in [0.2, 0.25) is 5.91 Å². The molecule has 0 radical (unpaired) electrons. The first-order valence-corrected chi connectivity index (χ1v) is 10.7. The quantitative estimate of drug-likeness (QED) is 0.355. The Morgan fingerprint density at radius 3 is 2.34 bits per heavy atom. The maximum Gasteiger partial charge on any atom is 0.338 e. The number of imide groups is 1. The molecule has 4 amide bonds. The second-order valence-corrected chi connectivity index (χ2v) is 7.56. The van der Waals surface area contributed by atoms with Crippen LogP contribution < -0.4 is 10.6 Å². The van der Waals surface area contributed by atoms with Crippen LogP contribution >= 0.6 is 0 Å². The first-order valence-electron chi connectivity index (χ1n) is 10.7. The molecule has 2 aromatic rings. The van der Waals surface area contributed by atoms with Gasteiger partial charge in [-0.3, -0.25) is 14.5 Å². The lowest BCUT2D eigenvalue weighted by molar-refractivity contribution is -0.134. The molecule has 1 aliphatic heterocycles. The number of unbranched alkanes of at least 4 members (excludes halogenated alkanes) is 1. The summed E-state index contributed by atoms with van der Waals surface area (Å²) in [7, 11) is 0.